The van der Waals surface area contributed by atoms with Crippen molar-refractivity contribution in [1.82, 2.24) is 4.90 Å². The molecule has 1 saturated carbocycles. The maximum absolute atomic E-state index is 13.2. The maximum Gasteiger partial charge on any atom is 0.226 e. The van der Waals surface area contributed by atoms with Crippen LogP contribution in [-0.4, -0.2) is 40.9 Å². The van der Waals surface area contributed by atoms with Gasteiger partial charge in [0.2, 0.25) is 5.91 Å². The monoisotopic (exact) mass is 377 g/mol. The summed E-state index contributed by atoms with van der Waals surface area (Å²) in [6, 6.07) is -0.248. The number of aliphatic hydroxyl groups is 1. The second-order valence-electron chi connectivity index (χ2n) is 10.1. The Morgan fingerprint density at radius 3 is 2.22 bits per heavy atom. The van der Waals surface area contributed by atoms with Gasteiger partial charge in [-0.15, -0.1) is 0 Å². The number of rotatable bonds is 1. The van der Waals surface area contributed by atoms with E-state index >= 15 is 0 Å². The van der Waals surface area contributed by atoms with E-state index in [0.29, 0.717) is 18.3 Å². The van der Waals surface area contributed by atoms with Crippen molar-refractivity contribution in [3.63, 3.8) is 0 Å². The predicted octanol–water partition coefficient (Wildman–Crippen LogP) is 4.20. The molecular weight excluding hydrogens is 338 g/mol. The molecule has 2 heterocycles. The summed E-state index contributed by atoms with van der Waals surface area (Å²) in [6.07, 6.45) is 10.7. The van der Waals surface area contributed by atoms with E-state index in [1.54, 1.807) is 0 Å². The van der Waals surface area contributed by atoms with Crippen molar-refractivity contribution in [3.05, 3.63) is 0 Å². The molecule has 0 spiro atoms. The van der Waals surface area contributed by atoms with Crippen molar-refractivity contribution in [2.75, 3.05) is 13.2 Å². The van der Waals surface area contributed by atoms with Crippen molar-refractivity contribution in [2.45, 2.75) is 91.0 Å². The van der Waals surface area contributed by atoms with E-state index in [1.165, 1.54) is 32.1 Å². The first-order valence-corrected chi connectivity index (χ1v) is 11.3. The van der Waals surface area contributed by atoms with Gasteiger partial charge in [0.25, 0.3) is 0 Å². The highest BCUT2D eigenvalue weighted by Gasteiger charge is 2.69. The fourth-order valence-electron chi connectivity index (χ4n) is 5.72. The van der Waals surface area contributed by atoms with Crippen LogP contribution in [0.3, 0.4) is 0 Å². The molecule has 1 amide bonds. The fourth-order valence-corrected chi connectivity index (χ4v) is 5.72. The van der Waals surface area contributed by atoms with Gasteiger partial charge >= 0.3 is 0 Å². The quantitative estimate of drug-likeness (QED) is 0.745. The van der Waals surface area contributed by atoms with Gasteiger partial charge in [0, 0.05) is 25.5 Å². The van der Waals surface area contributed by atoms with Crippen molar-refractivity contribution < 1.29 is 14.7 Å². The van der Waals surface area contributed by atoms with Crippen LogP contribution in [0.25, 0.3) is 0 Å². The molecule has 1 aliphatic carbocycles. The highest BCUT2D eigenvalue weighted by Crippen LogP contribution is 2.65. The minimum absolute atomic E-state index is 0.0162. The van der Waals surface area contributed by atoms with Gasteiger partial charge in [-0.3, -0.25) is 9.59 Å². The Balaban J connectivity index is 1.74. The van der Waals surface area contributed by atoms with Crippen LogP contribution in [0.15, 0.2) is 0 Å². The predicted molar refractivity (Wildman–Crippen MR) is 107 cm³/mol. The van der Waals surface area contributed by atoms with E-state index in [1.807, 2.05) is 11.8 Å². The summed E-state index contributed by atoms with van der Waals surface area (Å²) in [5.74, 6) is 1.24. The lowest BCUT2D eigenvalue weighted by Crippen LogP contribution is -2.47. The molecule has 2 saturated heterocycles. The largest absolute Gasteiger partial charge is 0.396 e. The van der Waals surface area contributed by atoms with Crippen molar-refractivity contribution >= 4 is 11.7 Å². The van der Waals surface area contributed by atoms with Crippen LogP contribution in [0.4, 0.5) is 0 Å². The van der Waals surface area contributed by atoms with Crippen LogP contribution in [0.1, 0.15) is 85.0 Å². The molecule has 0 aromatic carbocycles. The molecule has 0 unspecified atom stereocenters. The van der Waals surface area contributed by atoms with Crippen molar-refractivity contribution in [3.8, 4) is 0 Å². The Labute approximate surface area is 165 Å². The summed E-state index contributed by atoms with van der Waals surface area (Å²) in [4.78, 5) is 28.3. The van der Waals surface area contributed by atoms with Gasteiger partial charge in [-0.2, -0.15) is 0 Å². The van der Waals surface area contributed by atoms with Crippen molar-refractivity contribution in [1.29, 1.82) is 0 Å². The molecule has 4 nitrogen and oxygen atoms in total. The molecule has 0 bridgehead atoms. The molecule has 3 aliphatic rings. The average Bonchev–Trinajstić information content (AvgIpc) is 2.98. The van der Waals surface area contributed by atoms with E-state index in [9.17, 15) is 14.7 Å². The average molecular weight is 378 g/mol. The molecule has 2 aliphatic heterocycles. The van der Waals surface area contributed by atoms with Crippen LogP contribution >= 0.6 is 0 Å². The Morgan fingerprint density at radius 1 is 1.00 bits per heavy atom. The Kier molecular flexibility index (Phi) is 6.66. The number of Topliss-reactive ketones (excluding diaryl/α,β-unsaturated/α-hetero) is 1. The first-order valence-electron chi connectivity index (χ1n) is 11.3. The van der Waals surface area contributed by atoms with Gasteiger partial charge in [-0.25, -0.2) is 0 Å². The lowest BCUT2D eigenvalue weighted by Gasteiger charge is -2.32. The summed E-state index contributed by atoms with van der Waals surface area (Å²) in [5.41, 5.74) is 0.176. The zero-order valence-electron chi connectivity index (χ0n) is 17.6. The fraction of sp³-hybridized carbons (Fsp3) is 0.913. The number of carbonyl (C=O) groups is 2. The zero-order chi connectivity index (χ0) is 19.6. The number of piperidine rings is 1. The Hall–Kier alpha value is -0.900. The lowest BCUT2D eigenvalue weighted by atomic mass is 9.89. The number of hydrogen-bond donors (Lipinski definition) is 1. The highest BCUT2D eigenvalue weighted by atomic mass is 16.3. The second-order valence-corrected chi connectivity index (χ2v) is 10.1. The Morgan fingerprint density at radius 2 is 1.59 bits per heavy atom. The second kappa shape index (κ2) is 8.63. The minimum Gasteiger partial charge on any atom is -0.396 e. The first-order chi connectivity index (χ1) is 12.9. The molecular formula is C23H39NO3. The van der Waals surface area contributed by atoms with Crippen LogP contribution < -0.4 is 0 Å². The van der Waals surface area contributed by atoms with Gasteiger partial charge in [0.05, 0.1) is 6.04 Å². The summed E-state index contributed by atoms with van der Waals surface area (Å²) < 4.78 is 0. The smallest absolute Gasteiger partial charge is 0.226 e. The molecule has 0 aromatic heterocycles. The topological polar surface area (TPSA) is 57.6 Å². The molecule has 154 valence electrons. The third-order valence-electron chi connectivity index (χ3n) is 7.74. The van der Waals surface area contributed by atoms with Gasteiger partial charge in [-0.05, 0) is 36.0 Å². The number of fused-ring (bicyclic) bond motifs is 3. The molecule has 27 heavy (non-hydrogen) atoms. The van der Waals surface area contributed by atoms with E-state index in [4.69, 9.17) is 0 Å². The maximum atomic E-state index is 13.2. The van der Waals surface area contributed by atoms with Crippen LogP contribution in [0.2, 0.25) is 0 Å². The van der Waals surface area contributed by atoms with Crippen LogP contribution in [0.5, 0.6) is 0 Å². The molecule has 0 aromatic rings. The van der Waals surface area contributed by atoms with Gasteiger partial charge in [0.1, 0.15) is 0 Å². The summed E-state index contributed by atoms with van der Waals surface area (Å²) >= 11 is 0. The zero-order valence-corrected chi connectivity index (χ0v) is 17.6. The number of aliphatic hydroxyl groups excluding tert-OH is 1. The molecule has 0 radical (unpaired) electrons. The molecule has 3 rings (SSSR count). The third-order valence-corrected chi connectivity index (χ3v) is 7.74. The van der Waals surface area contributed by atoms with E-state index in [2.05, 4.69) is 13.8 Å². The first kappa shape index (κ1) is 20.8. The van der Waals surface area contributed by atoms with Gasteiger partial charge in [0.15, 0.2) is 5.78 Å². The van der Waals surface area contributed by atoms with Crippen molar-refractivity contribution in [2.24, 2.45) is 29.1 Å². The minimum atomic E-state index is -0.248. The number of hydrogen-bond acceptors (Lipinski definition) is 3. The molecule has 4 heteroatoms. The SMILES string of the molecule is C[C@H]1CCCCCCCCC[C@@H](CO)CC(=O)[C@@H]2[C@@H]3[C@H](CN2C1=O)C3(C)C. The molecule has 1 N–H and O–H groups in total. The summed E-state index contributed by atoms with van der Waals surface area (Å²) in [6.45, 7) is 7.35. The van der Waals surface area contributed by atoms with Crippen LogP contribution in [0, 0.1) is 29.1 Å². The van der Waals surface area contributed by atoms with Gasteiger partial charge < -0.3 is 10.0 Å². The summed E-state index contributed by atoms with van der Waals surface area (Å²) in [7, 11) is 0. The highest BCUT2D eigenvalue weighted by molar-refractivity contribution is 5.91. The number of ketones is 1. The standard InChI is InChI=1S/C23H39NO3/c1-16-11-9-7-5-4-6-8-10-12-17(15-25)13-19(26)21-20-18(23(20,2)3)14-24(21)22(16)27/h16-18,20-21,25H,4-15H2,1-3H3/t16-,17+,18-,20-,21+/m0/s1. The van der Waals surface area contributed by atoms with E-state index in [0.717, 1.165) is 32.2 Å². The third kappa shape index (κ3) is 4.41. The lowest BCUT2D eigenvalue weighted by molar-refractivity contribution is -0.143. The molecule has 5 atom stereocenters. The molecule has 3 fully saturated rings. The number of nitrogens with zero attached hydrogens (tertiary/aromatic N) is 1. The number of carbonyl (C=O) groups excluding carboxylic acids is 2. The normalized spacial score (nSPS) is 38.4. The van der Waals surface area contributed by atoms with Crippen LogP contribution in [-0.2, 0) is 9.59 Å². The van der Waals surface area contributed by atoms with E-state index in [-0.39, 0.29) is 41.6 Å². The van der Waals surface area contributed by atoms with Gasteiger partial charge in [-0.1, -0.05) is 65.7 Å². The Bertz CT molecular complexity index is 544. The number of amides is 1. The summed E-state index contributed by atoms with van der Waals surface area (Å²) in [5, 5.41) is 9.78. The van der Waals surface area contributed by atoms with E-state index < -0.39 is 0 Å².